The number of unbranched alkanes of at least 4 members (excludes halogenated alkanes) is 3. The van der Waals surface area contributed by atoms with Crippen molar-refractivity contribution in [2.24, 2.45) is 0 Å². The molecule has 6 heteroatoms. The van der Waals surface area contributed by atoms with E-state index in [1.165, 1.54) is 5.69 Å². The van der Waals surface area contributed by atoms with Gasteiger partial charge in [0.2, 0.25) is 0 Å². The number of rotatable bonds is 10. The third kappa shape index (κ3) is 8.12. The first-order valence-corrected chi connectivity index (χ1v) is 11.6. The number of hydrogen-bond donors (Lipinski definition) is 1. The number of esters is 1. The third-order valence-corrected chi connectivity index (χ3v) is 5.74. The molecular weight excluding hydrogens is 390 g/mol. The predicted molar refractivity (Wildman–Crippen MR) is 126 cm³/mol. The van der Waals surface area contributed by atoms with Crippen molar-refractivity contribution < 1.29 is 15.8 Å². The molecule has 1 fully saturated rings. The molecule has 170 valence electrons. The molecule has 1 aromatic rings. The molecular formula is C25H37N3O3. The minimum atomic E-state index is -0.122. The fraction of sp³-hybridized carbons (Fsp3) is 0.520. The van der Waals surface area contributed by atoms with Crippen molar-refractivity contribution in [3.05, 3.63) is 54.1 Å². The van der Waals surface area contributed by atoms with Gasteiger partial charge in [-0.1, -0.05) is 49.3 Å². The molecule has 1 aromatic carbocycles. The largest absolute Gasteiger partial charge is 0.461 e. The van der Waals surface area contributed by atoms with Gasteiger partial charge in [-0.25, -0.2) is 4.79 Å². The molecule has 1 heterocycles. The number of amides is 2. The van der Waals surface area contributed by atoms with Gasteiger partial charge in [0.25, 0.3) is 0 Å². The molecule has 0 radical (unpaired) electrons. The highest BCUT2D eigenvalue weighted by Gasteiger charge is 2.20. The van der Waals surface area contributed by atoms with E-state index < -0.39 is 0 Å². The quantitative estimate of drug-likeness (QED) is 0.440. The Morgan fingerprint density at radius 2 is 1.74 bits per heavy atom. The second-order valence-corrected chi connectivity index (χ2v) is 8.13. The third-order valence-electron chi connectivity index (χ3n) is 5.74. The summed E-state index contributed by atoms with van der Waals surface area (Å²) in [6.45, 7) is 4.29. The summed E-state index contributed by atoms with van der Waals surface area (Å²) >= 11 is 0. The van der Waals surface area contributed by atoms with Crippen LogP contribution in [-0.2, 0) is 9.53 Å². The Kier molecular flexibility index (Phi) is 9.48. The van der Waals surface area contributed by atoms with Gasteiger partial charge in [0.15, 0.2) is 0 Å². The molecule has 0 atom stereocenters. The first-order chi connectivity index (χ1) is 15.2. The van der Waals surface area contributed by atoms with E-state index in [1.54, 1.807) is 0 Å². The van der Waals surface area contributed by atoms with Gasteiger partial charge in [-0.05, 0) is 43.4 Å². The van der Waals surface area contributed by atoms with Crippen LogP contribution in [0.1, 0.15) is 46.4 Å². The number of nitrogens with one attached hydrogen (secondary N) is 1. The summed E-state index contributed by atoms with van der Waals surface area (Å²) in [5, 5.41) is 3.03. The average molecular weight is 428 g/mol. The summed E-state index contributed by atoms with van der Waals surface area (Å²) < 4.78 is 5.32. The fourth-order valence-electron chi connectivity index (χ4n) is 3.87. The van der Waals surface area contributed by atoms with E-state index in [0.29, 0.717) is 19.6 Å². The molecule has 2 amide bonds. The molecule has 0 bridgehead atoms. The van der Waals surface area contributed by atoms with E-state index in [-0.39, 0.29) is 13.4 Å². The smallest absolute Gasteiger partial charge is 0.317 e. The van der Waals surface area contributed by atoms with E-state index in [2.05, 4.69) is 34.5 Å². The van der Waals surface area contributed by atoms with Crippen LogP contribution < -0.4 is 10.2 Å². The van der Waals surface area contributed by atoms with Gasteiger partial charge in [0, 0.05) is 46.3 Å². The number of hydrogen-bond acceptors (Lipinski definition) is 4. The van der Waals surface area contributed by atoms with Crippen LogP contribution in [0.15, 0.2) is 54.1 Å². The highest BCUT2D eigenvalue weighted by atomic mass is 16.5. The number of ether oxygens (including phenoxy) is 1. The highest BCUT2D eigenvalue weighted by molar-refractivity contribution is 5.74. The molecule has 0 aromatic heterocycles. The van der Waals surface area contributed by atoms with Crippen LogP contribution in [-0.4, -0.2) is 56.2 Å². The number of nitrogens with zero attached hydrogens (tertiary/aromatic N) is 2. The Hall–Kier alpha value is -2.76. The molecule has 1 N–H and O–H groups in total. The number of carbonyl (C=O) groups excluding carboxylic acids is 2. The number of anilines is 1. The molecule has 1 aliphatic heterocycles. The monoisotopic (exact) mass is 427 g/mol. The van der Waals surface area contributed by atoms with E-state index in [9.17, 15) is 9.59 Å². The maximum absolute atomic E-state index is 12.3. The summed E-state index contributed by atoms with van der Waals surface area (Å²) in [6, 6.07) is 10.4. The van der Waals surface area contributed by atoms with Crippen molar-refractivity contribution in [2.75, 3.05) is 44.2 Å². The lowest BCUT2D eigenvalue weighted by Gasteiger charge is -2.36. The zero-order valence-electron chi connectivity index (χ0n) is 18.4. The molecule has 2 aliphatic rings. The molecule has 3 rings (SSSR count). The second kappa shape index (κ2) is 12.8. The van der Waals surface area contributed by atoms with Crippen LogP contribution in [0.5, 0.6) is 0 Å². The molecule has 31 heavy (non-hydrogen) atoms. The minimum absolute atomic E-state index is 0. The Morgan fingerprint density at radius 1 is 0.968 bits per heavy atom. The van der Waals surface area contributed by atoms with Gasteiger partial charge in [-0.15, -0.1) is 0 Å². The molecule has 0 spiro atoms. The number of allylic oxidation sites excluding steroid dienone is 2. The highest BCUT2D eigenvalue weighted by Crippen LogP contribution is 2.15. The van der Waals surface area contributed by atoms with Crippen LogP contribution in [0.25, 0.3) is 0 Å². The molecule has 1 aliphatic carbocycles. The van der Waals surface area contributed by atoms with Gasteiger partial charge in [-0.2, -0.15) is 0 Å². The van der Waals surface area contributed by atoms with Crippen molar-refractivity contribution in [3.63, 3.8) is 0 Å². The second-order valence-electron chi connectivity index (χ2n) is 8.13. The number of para-hydroxylation sites is 1. The first-order valence-electron chi connectivity index (χ1n) is 11.6. The van der Waals surface area contributed by atoms with Crippen molar-refractivity contribution >= 4 is 17.7 Å². The van der Waals surface area contributed by atoms with E-state index in [1.807, 2.05) is 29.2 Å². The maximum atomic E-state index is 12.3. The summed E-state index contributed by atoms with van der Waals surface area (Å²) in [6.07, 6.45) is 12.6. The first kappa shape index (κ1) is 22.9. The zero-order valence-corrected chi connectivity index (χ0v) is 18.4. The Bertz CT molecular complexity index is 759. The molecule has 0 unspecified atom stereocenters. The lowest BCUT2D eigenvalue weighted by atomic mass is 10.1. The summed E-state index contributed by atoms with van der Waals surface area (Å²) in [5.74, 6) is -0.122. The maximum Gasteiger partial charge on any atom is 0.317 e. The van der Waals surface area contributed by atoms with Crippen molar-refractivity contribution in [3.8, 4) is 0 Å². The number of urea groups is 1. The number of carbonyl (C=O) groups is 2. The topological polar surface area (TPSA) is 61.9 Å². The van der Waals surface area contributed by atoms with Gasteiger partial charge < -0.3 is 19.9 Å². The van der Waals surface area contributed by atoms with Crippen molar-refractivity contribution in [2.45, 2.75) is 44.9 Å². The van der Waals surface area contributed by atoms with Crippen LogP contribution in [0.2, 0.25) is 0 Å². The number of benzene rings is 1. The Balaban J connectivity index is 0.00000363. The number of piperazine rings is 1. The van der Waals surface area contributed by atoms with Crippen molar-refractivity contribution in [1.82, 2.24) is 10.2 Å². The molecule has 0 saturated carbocycles. The summed E-state index contributed by atoms with van der Waals surface area (Å²) in [5.41, 5.74) is 2.31. The van der Waals surface area contributed by atoms with Gasteiger partial charge >= 0.3 is 12.0 Å². The lowest BCUT2D eigenvalue weighted by molar-refractivity contribution is -0.142. The van der Waals surface area contributed by atoms with Gasteiger partial charge in [0.1, 0.15) is 6.61 Å². The average Bonchev–Trinajstić information content (AvgIpc) is 2.83. The van der Waals surface area contributed by atoms with Crippen LogP contribution >= 0.6 is 0 Å². The van der Waals surface area contributed by atoms with Crippen molar-refractivity contribution in [1.29, 1.82) is 0 Å². The van der Waals surface area contributed by atoms with Crippen LogP contribution in [0.3, 0.4) is 0 Å². The van der Waals surface area contributed by atoms with E-state index in [4.69, 9.17) is 4.74 Å². The molecule has 6 nitrogen and oxygen atoms in total. The normalized spacial score (nSPS) is 16.1. The fourth-order valence-corrected chi connectivity index (χ4v) is 3.87. The van der Waals surface area contributed by atoms with Gasteiger partial charge in [-0.3, -0.25) is 4.79 Å². The Labute approximate surface area is 187 Å². The van der Waals surface area contributed by atoms with Crippen LogP contribution in [0.4, 0.5) is 10.5 Å². The van der Waals surface area contributed by atoms with Gasteiger partial charge in [0.05, 0.1) is 0 Å². The standard InChI is InChI=1S/C25H35N3O3.H2/c29-24(31-21-22-11-5-3-6-12-22)15-9-1-2-10-16-26-25(30)28-19-17-27(18-20-28)23-13-7-4-8-14-23;/h4-5,7-8,11-14H,1-3,6,9-10,15-21H2,(H,26,30);1H. The van der Waals surface area contributed by atoms with Crippen LogP contribution in [0, 0.1) is 0 Å². The summed E-state index contributed by atoms with van der Waals surface area (Å²) in [4.78, 5) is 28.4. The summed E-state index contributed by atoms with van der Waals surface area (Å²) in [7, 11) is 0. The SMILES string of the molecule is O=C(CCCCCCNC(=O)N1CCN(c2ccccc2)CC1)OCC1=CCCC=C1.[HH]. The van der Waals surface area contributed by atoms with E-state index >= 15 is 0 Å². The van der Waals surface area contributed by atoms with E-state index in [0.717, 1.165) is 70.3 Å². The molecule has 1 saturated heterocycles. The Morgan fingerprint density at radius 3 is 2.48 bits per heavy atom. The zero-order chi connectivity index (χ0) is 21.7. The lowest BCUT2D eigenvalue weighted by Crippen LogP contribution is -2.52. The predicted octanol–water partition coefficient (Wildman–Crippen LogP) is 4.53. The minimum Gasteiger partial charge on any atom is -0.461 e.